The van der Waals surface area contributed by atoms with Gasteiger partial charge in [-0.05, 0) is 37.9 Å². The van der Waals surface area contributed by atoms with Crippen LogP contribution in [0.2, 0.25) is 5.02 Å². The predicted octanol–water partition coefficient (Wildman–Crippen LogP) is 2.17. The van der Waals surface area contributed by atoms with Crippen molar-refractivity contribution in [1.82, 2.24) is 10.3 Å². The van der Waals surface area contributed by atoms with Gasteiger partial charge in [-0.2, -0.15) is 0 Å². The van der Waals surface area contributed by atoms with Crippen LogP contribution in [0.4, 0.5) is 5.69 Å². The number of rotatable bonds is 3. The van der Waals surface area contributed by atoms with Crippen molar-refractivity contribution in [2.24, 2.45) is 5.92 Å². The van der Waals surface area contributed by atoms with Crippen LogP contribution in [0.25, 0.3) is 0 Å². The first kappa shape index (κ1) is 11.7. The van der Waals surface area contributed by atoms with Crippen LogP contribution in [0, 0.1) is 5.92 Å². The zero-order valence-electron chi connectivity index (χ0n) is 9.62. The number of piperidine rings is 1. The Kier molecular flexibility index (Phi) is 4.02. The maximum atomic E-state index is 6.12. The molecule has 1 fully saturated rings. The Bertz CT molecular complexity index is 337. The van der Waals surface area contributed by atoms with Crippen molar-refractivity contribution in [3.8, 4) is 0 Å². The fourth-order valence-electron chi connectivity index (χ4n) is 2.24. The van der Waals surface area contributed by atoms with E-state index in [1.807, 2.05) is 6.07 Å². The van der Waals surface area contributed by atoms with Crippen molar-refractivity contribution < 1.29 is 0 Å². The summed E-state index contributed by atoms with van der Waals surface area (Å²) in [6, 6.07) is 1.97. The molecule has 0 amide bonds. The number of nitrogens with one attached hydrogen (secondary N) is 1. The number of nitrogens with zero attached hydrogens (tertiary/aromatic N) is 2. The highest BCUT2D eigenvalue weighted by molar-refractivity contribution is 6.33. The second-order valence-electron chi connectivity index (χ2n) is 4.42. The molecule has 2 heterocycles. The first-order valence-corrected chi connectivity index (χ1v) is 6.16. The van der Waals surface area contributed by atoms with Crippen LogP contribution >= 0.6 is 11.6 Å². The van der Waals surface area contributed by atoms with Crippen molar-refractivity contribution >= 4 is 17.3 Å². The smallest absolute Gasteiger partial charge is 0.0822 e. The van der Waals surface area contributed by atoms with Crippen LogP contribution in [0.3, 0.4) is 0 Å². The van der Waals surface area contributed by atoms with E-state index in [2.05, 4.69) is 22.2 Å². The molecule has 1 atom stereocenters. The molecule has 1 aliphatic rings. The normalized spacial score (nSPS) is 20.8. The zero-order valence-corrected chi connectivity index (χ0v) is 10.4. The van der Waals surface area contributed by atoms with E-state index in [9.17, 15) is 0 Å². The molecule has 16 heavy (non-hydrogen) atoms. The molecule has 1 aliphatic heterocycles. The Morgan fingerprint density at radius 3 is 3.19 bits per heavy atom. The van der Waals surface area contributed by atoms with Gasteiger partial charge in [-0.25, -0.2) is 0 Å². The minimum absolute atomic E-state index is 0.725. The lowest BCUT2D eigenvalue weighted by Crippen LogP contribution is -2.36. The highest BCUT2D eigenvalue weighted by Gasteiger charge is 2.16. The molecule has 0 aromatic carbocycles. The molecule has 3 nitrogen and oxygen atoms in total. The summed E-state index contributed by atoms with van der Waals surface area (Å²) in [4.78, 5) is 6.23. The van der Waals surface area contributed by atoms with Gasteiger partial charge in [0.25, 0.3) is 0 Å². The maximum absolute atomic E-state index is 6.12. The second-order valence-corrected chi connectivity index (χ2v) is 4.83. The Morgan fingerprint density at radius 1 is 1.62 bits per heavy atom. The van der Waals surface area contributed by atoms with Crippen LogP contribution in [0.15, 0.2) is 18.5 Å². The van der Waals surface area contributed by atoms with E-state index in [-0.39, 0.29) is 0 Å². The van der Waals surface area contributed by atoms with Gasteiger partial charge in [-0.3, -0.25) is 4.98 Å². The third-order valence-electron chi connectivity index (χ3n) is 3.09. The highest BCUT2D eigenvalue weighted by atomic mass is 35.5. The average Bonchev–Trinajstić information content (AvgIpc) is 2.31. The highest BCUT2D eigenvalue weighted by Crippen LogP contribution is 2.24. The maximum Gasteiger partial charge on any atom is 0.0822 e. The molecule has 88 valence electrons. The van der Waals surface area contributed by atoms with Crippen molar-refractivity contribution in [3.63, 3.8) is 0 Å². The van der Waals surface area contributed by atoms with E-state index < -0.39 is 0 Å². The van der Waals surface area contributed by atoms with Crippen LogP contribution in [0.1, 0.15) is 12.8 Å². The first-order valence-electron chi connectivity index (χ1n) is 5.78. The van der Waals surface area contributed by atoms with Crippen LogP contribution in [-0.4, -0.2) is 31.7 Å². The Hall–Kier alpha value is -0.800. The minimum Gasteiger partial charge on any atom is -0.373 e. The Morgan fingerprint density at radius 2 is 2.50 bits per heavy atom. The molecule has 2 rings (SSSR count). The third-order valence-corrected chi connectivity index (χ3v) is 3.38. The van der Waals surface area contributed by atoms with E-state index in [4.69, 9.17) is 11.6 Å². The van der Waals surface area contributed by atoms with Crippen molar-refractivity contribution in [2.75, 3.05) is 31.6 Å². The van der Waals surface area contributed by atoms with E-state index >= 15 is 0 Å². The molecule has 1 N–H and O–H groups in total. The van der Waals surface area contributed by atoms with Crippen LogP contribution in [-0.2, 0) is 0 Å². The van der Waals surface area contributed by atoms with Gasteiger partial charge in [-0.15, -0.1) is 0 Å². The first-order chi connectivity index (χ1) is 7.77. The van der Waals surface area contributed by atoms with E-state index in [1.165, 1.54) is 12.8 Å². The molecule has 4 heteroatoms. The monoisotopic (exact) mass is 239 g/mol. The molecule has 0 radical (unpaired) electrons. The average molecular weight is 240 g/mol. The molecule has 1 aromatic heterocycles. The molecular formula is C12H18ClN3. The summed E-state index contributed by atoms with van der Waals surface area (Å²) >= 11 is 6.12. The molecule has 1 aromatic rings. The number of hydrogen-bond acceptors (Lipinski definition) is 3. The van der Waals surface area contributed by atoms with Gasteiger partial charge in [-0.1, -0.05) is 11.6 Å². The number of anilines is 1. The Labute approximate surface area is 102 Å². The minimum atomic E-state index is 0.725. The standard InChI is InChI=1S/C12H18ClN3/c1-16(9-10-3-2-5-14-7-10)12-4-6-15-8-11(12)13/h4,6,8,10,14H,2-3,5,7,9H2,1H3. The van der Waals surface area contributed by atoms with Gasteiger partial charge < -0.3 is 10.2 Å². The van der Waals surface area contributed by atoms with Crippen molar-refractivity contribution in [2.45, 2.75) is 12.8 Å². The molecule has 1 unspecified atom stereocenters. The van der Waals surface area contributed by atoms with Crippen molar-refractivity contribution in [1.29, 1.82) is 0 Å². The third kappa shape index (κ3) is 2.86. The van der Waals surface area contributed by atoms with Gasteiger partial charge in [0, 0.05) is 26.0 Å². The number of halogens is 1. The van der Waals surface area contributed by atoms with Gasteiger partial charge >= 0.3 is 0 Å². The SMILES string of the molecule is CN(CC1CCCNC1)c1ccncc1Cl. The molecule has 0 saturated carbocycles. The second kappa shape index (κ2) is 5.51. The topological polar surface area (TPSA) is 28.2 Å². The summed E-state index contributed by atoms with van der Waals surface area (Å²) in [6.45, 7) is 3.33. The summed E-state index contributed by atoms with van der Waals surface area (Å²) in [5.41, 5.74) is 1.07. The largest absolute Gasteiger partial charge is 0.373 e. The van der Waals surface area contributed by atoms with Gasteiger partial charge in [0.15, 0.2) is 0 Å². The van der Waals surface area contributed by atoms with E-state index in [0.29, 0.717) is 0 Å². The van der Waals surface area contributed by atoms with Gasteiger partial charge in [0.05, 0.1) is 10.7 Å². The number of aromatic nitrogens is 1. The zero-order chi connectivity index (χ0) is 11.4. The fourth-order valence-corrected chi connectivity index (χ4v) is 2.51. The lowest BCUT2D eigenvalue weighted by atomic mass is 9.99. The summed E-state index contributed by atoms with van der Waals surface area (Å²) < 4.78 is 0. The van der Waals surface area contributed by atoms with E-state index in [1.54, 1.807) is 12.4 Å². The molecule has 1 saturated heterocycles. The Balaban J connectivity index is 1.96. The lowest BCUT2D eigenvalue weighted by molar-refractivity contribution is 0.381. The quantitative estimate of drug-likeness (QED) is 0.877. The summed E-state index contributed by atoms with van der Waals surface area (Å²) in [5, 5.41) is 4.16. The lowest BCUT2D eigenvalue weighted by Gasteiger charge is -2.29. The molecule has 0 aliphatic carbocycles. The molecular weight excluding hydrogens is 222 g/mol. The van der Waals surface area contributed by atoms with Crippen molar-refractivity contribution in [3.05, 3.63) is 23.5 Å². The van der Waals surface area contributed by atoms with Crippen LogP contribution < -0.4 is 10.2 Å². The summed E-state index contributed by atoms with van der Waals surface area (Å²) in [7, 11) is 2.09. The number of pyridine rings is 1. The van der Waals surface area contributed by atoms with Gasteiger partial charge in [0.2, 0.25) is 0 Å². The van der Waals surface area contributed by atoms with E-state index in [0.717, 1.165) is 36.3 Å². The molecule has 0 bridgehead atoms. The van der Waals surface area contributed by atoms with Gasteiger partial charge in [0.1, 0.15) is 0 Å². The molecule has 0 spiro atoms. The summed E-state index contributed by atoms with van der Waals surface area (Å²) in [5.74, 6) is 0.725. The number of hydrogen-bond donors (Lipinski definition) is 1. The predicted molar refractivity (Wildman–Crippen MR) is 68.1 cm³/mol. The van der Waals surface area contributed by atoms with Crippen LogP contribution in [0.5, 0.6) is 0 Å². The fraction of sp³-hybridized carbons (Fsp3) is 0.583. The summed E-state index contributed by atoms with van der Waals surface area (Å²) in [6.07, 6.45) is 6.08.